The van der Waals surface area contributed by atoms with Crippen LogP contribution in [0.5, 0.6) is 0 Å². The number of methoxy groups -OCH3 is 1. The van der Waals surface area contributed by atoms with E-state index in [1.54, 1.807) is 6.07 Å². The number of imide groups is 1. The van der Waals surface area contributed by atoms with Crippen molar-refractivity contribution in [2.75, 3.05) is 14.2 Å². The van der Waals surface area contributed by atoms with E-state index in [1.807, 2.05) is 0 Å². The number of amides is 2. The molecule has 7 heteroatoms. The first-order valence-corrected chi connectivity index (χ1v) is 6.22. The zero-order chi connectivity index (χ0) is 14.7. The van der Waals surface area contributed by atoms with Crippen LogP contribution in [-0.4, -0.2) is 42.9 Å². The molecule has 0 aromatic carbocycles. The van der Waals surface area contributed by atoms with E-state index in [0.717, 1.165) is 4.90 Å². The Bertz CT molecular complexity index is 537. The zero-order valence-electron chi connectivity index (χ0n) is 11.3. The fourth-order valence-corrected chi connectivity index (χ4v) is 2.03. The summed E-state index contributed by atoms with van der Waals surface area (Å²) < 4.78 is 9.78. The smallest absolute Gasteiger partial charge is 0.341 e. The Balaban J connectivity index is 1.92. The SMILES string of the molecule is COC(=O)c1coc(CNC2CCC(=O)N(C)C2=O)c1. The number of nitrogens with one attached hydrogen (secondary N) is 1. The first-order chi connectivity index (χ1) is 9.52. The maximum Gasteiger partial charge on any atom is 0.341 e. The van der Waals surface area contributed by atoms with E-state index in [-0.39, 0.29) is 11.8 Å². The number of hydrogen-bond donors (Lipinski definition) is 1. The Labute approximate surface area is 115 Å². The standard InChI is InChI=1S/C13H16N2O5/c1-15-11(16)4-3-10(12(15)17)14-6-9-5-8(7-20-9)13(18)19-2/h5,7,10,14H,3-4,6H2,1-2H3. The van der Waals surface area contributed by atoms with E-state index in [4.69, 9.17) is 4.42 Å². The van der Waals surface area contributed by atoms with Crippen LogP contribution in [0.25, 0.3) is 0 Å². The number of likely N-dealkylation sites (N-methyl/N-ethyl adjacent to an activating group) is 1. The molecule has 108 valence electrons. The predicted molar refractivity (Wildman–Crippen MR) is 67.7 cm³/mol. The van der Waals surface area contributed by atoms with Crippen LogP contribution >= 0.6 is 0 Å². The fraction of sp³-hybridized carbons (Fsp3) is 0.462. The maximum absolute atomic E-state index is 11.9. The molecule has 1 aromatic rings. The van der Waals surface area contributed by atoms with Crippen LogP contribution in [0.4, 0.5) is 0 Å². The van der Waals surface area contributed by atoms with E-state index < -0.39 is 12.0 Å². The van der Waals surface area contributed by atoms with E-state index in [9.17, 15) is 14.4 Å². The van der Waals surface area contributed by atoms with Gasteiger partial charge in [-0.2, -0.15) is 0 Å². The molecule has 0 saturated carbocycles. The molecule has 2 rings (SSSR count). The van der Waals surface area contributed by atoms with Crippen LogP contribution in [0.3, 0.4) is 0 Å². The molecule has 1 fully saturated rings. The van der Waals surface area contributed by atoms with Crippen molar-refractivity contribution in [2.24, 2.45) is 0 Å². The van der Waals surface area contributed by atoms with Crippen LogP contribution in [0.1, 0.15) is 29.0 Å². The maximum atomic E-state index is 11.9. The lowest BCUT2D eigenvalue weighted by atomic mass is 10.0. The molecule has 1 unspecified atom stereocenters. The average Bonchev–Trinajstić information content (AvgIpc) is 2.92. The number of piperidine rings is 1. The number of nitrogens with zero attached hydrogens (tertiary/aromatic N) is 1. The molecule has 1 atom stereocenters. The topological polar surface area (TPSA) is 88.8 Å². The number of carbonyl (C=O) groups excluding carboxylic acids is 3. The highest BCUT2D eigenvalue weighted by Crippen LogP contribution is 2.13. The van der Waals surface area contributed by atoms with Gasteiger partial charge in [0.15, 0.2) is 0 Å². The first kappa shape index (κ1) is 14.3. The van der Waals surface area contributed by atoms with Gasteiger partial charge in [0.2, 0.25) is 11.8 Å². The lowest BCUT2D eigenvalue weighted by molar-refractivity contribution is -0.148. The normalized spacial score (nSPS) is 19.3. The van der Waals surface area contributed by atoms with Crippen molar-refractivity contribution in [3.63, 3.8) is 0 Å². The Morgan fingerprint density at radius 1 is 1.55 bits per heavy atom. The molecule has 20 heavy (non-hydrogen) atoms. The molecule has 2 heterocycles. The summed E-state index contributed by atoms with van der Waals surface area (Å²) in [7, 11) is 2.77. The molecule has 0 radical (unpaired) electrons. The van der Waals surface area contributed by atoms with Gasteiger partial charge in [-0.25, -0.2) is 4.79 Å². The molecule has 1 aliphatic rings. The molecule has 0 spiro atoms. The van der Waals surface area contributed by atoms with E-state index >= 15 is 0 Å². The van der Waals surface area contributed by atoms with Crippen LogP contribution in [0.15, 0.2) is 16.7 Å². The third-order valence-corrected chi connectivity index (χ3v) is 3.25. The minimum absolute atomic E-state index is 0.168. The van der Waals surface area contributed by atoms with Gasteiger partial charge in [-0.1, -0.05) is 0 Å². The largest absolute Gasteiger partial charge is 0.467 e. The lowest BCUT2D eigenvalue weighted by Gasteiger charge is -2.27. The molecule has 1 N–H and O–H groups in total. The van der Waals surface area contributed by atoms with Gasteiger partial charge in [0.25, 0.3) is 0 Å². The van der Waals surface area contributed by atoms with Gasteiger partial charge in [0.1, 0.15) is 12.0 Å². The van der Waals surface area contributed by atoms with Gasteiger partial charge >= 0.3 is 5.97 Å². The van der Waals surface area contributed by atoms with E-state index in [0.29, 0.717) is 30.7 Å². The third-order valence-electron chi connectivity index (χ3n) is 3.25. The highest BCUT2D eigenvalue weighted by Gasteiger charge is 2.31. The molecule has 0 bridgehead atoms. The van der Waals surface area contributed by atoms with Crippen LogP contribution < -0.4 is 5.32 Å². The first-order valence-electron chi connectivity index (χ1n) is 6.22. The summed E-state index contributed by atoms with van der Waals surface area (Å²) in [5, 5.41) is 3.02. The number of likely N-dealkylation sites (tertiary alicyclic amines) is 1. The highest BCUT2D eigenvalue weighted by atomic mass is 16.5. The van der Waals surface area contributed by atoms with Gasteiger partial charge in [0, 0.05) is 13.5 Å². The van der Waals surface area contributed by atoms with Crippen molar-refractivity contribution in [3.05, 3.63) is 23.7 Å². The third kappa shape index (κ3) is 2.88. The number of hydrogen-bond acceptors (Lipinski definition) is 6. The molecule has 1 saturated heterocycles. The molecular weight excluding hydrogens is 264 g/mol. The summed E-state index contributed by atoms with van der Waals surface area (Å²) >= 11 is 0. The second-order valence-electron chi connectivity index (χ2n) is 4.56. The summed E-state index contributed by atoms with van der Waals surface area (Å²) in [5.41, 5.74) is 0.326. The monoisotopic (exact) mass is 280 g/mol. The van der Waals surface area contributed by atoms with E-state index in [1.165, 1.54) is 20.4 Å². The second kappa shape index (κ2) is 5.87. The molecular formula is C13H16N2O5. The highest BCUT2D eigenvalue weighted by molar-refractivity contribution is 6.00. The number of furan rings is 1. The van der Waals surface area contributed by atoms with Crippen molar-refractivity contribution in [3.8, 4) is 0 Å². The van der Waals surface area contributed by atoms with Gasteiger partial charge < -0.3 is 9.15 Å². The van der Waals surface area contributed by atoms with Crippen LogP contribution in [0.2, 0.25) is 0 Å². The lowest BCUT2D eigenvalue weighted by Crippen LogP contribution is -2.51. The summed E-state index contributed by atoms with van der Waals surface area (Å²) in [4.78, 5) is 35.6. The zero-order valence-corrected chi connectivity index (χ0v) is 11.3. The van der Waals surface area contributed by atoms with Crippen molar-refractivity contribution >= 4 is 17.8 Å². The average molecular weight is 280 g/mol. The molecule has 7 nitrogen and oxygen atoms in total. The predicted octanol–water partition coefficient (Wildman–Crippen LogP) is 0.303. The van der Waals surface area contributed by atoms with Gasteiger partial charge in [-0.3, -0.25) is 19.8 Å². The Hall–Kier alpha value is -2.15. The molecule has 0 aliphatic carbocycles. The summed E-state index contributed by atoms with van der Waals surface area (Å²) in [6.07, 6.45) is 2.11. The fourth-order valence-electron chi connectivity index (χ4n) is 2.03. The number of esters is 1. The molecule has 2 amide bonds. The molecule has 1 aromatic heterocycles. The Morgan fingerprint density at radius 2 is 2.30 bits per heavy atom. The second-order valence-corrected chi connectivity index (χ2v) is 4.56. The van der Waals surface area contributed by atoms with Gasteiger partial charge in [-0.15, -0.1) is 0 Å². The quantitative estimate of drug-likeness (QED) is 0.630. The van der Waals surface area contributed by atoms with Crippen LogP contribution in [0, 0.1) is 0 Å². The van der Waals surface area contributed by atoms with Crippen molar-refractivity contribution in [1.82, 2.24) is 10.2 Å². The van der Waals surface area contributed by atoms with Gasteiger partial charge in [0.05, 0.1) is 25.3 Å². The number of carbonyl (C=O) groups is 3. The summed E-state index contributed by atoms with van der Waals surface area (Å²) in [6, 6.07) is 1.14. The number of ether oxygens (including phenoxy) is 1. The number of rotatable bonds is 4. The van der Waals surface area contributed by atoms with Gasteiger partial charge in [-0.05, 0) is 12.5 Å². The minimum atomic E-state index is -0.473. The Morgan fingerprint density at radius 3 is 3.00 bits per heavy atom. The minimum Gasteiger partial charge on any atom is -0.467 e. The molecule has 1 aliphatic heterocycles. The van der Waals surface area contributed by atoms with Crippen molar-refractivity contribution in [1.29, 1.82) is 0 Å². The van der Waals surface area contributed by atoms with Crippen LogP contribution in [-0.2, 0) is 20.9 Å². The Kier molecular flexibility index (Phi) is 4.19. The van der Waals surface area contributed by atoms with Crippen molar-refractivity contribution in [2.45, 2.75) is 25.4 Å². The summed E-state index contributed by atoms with van der Waals surface area (Å²) in [6.45, 7) is 0.301. The van der Waals surface area contributed by atoms with Crippen molar-refractivity contribution < 1.29 is 23.5 Å². The summed E-state index contributed by atoms with van der Waals surface area (Å²) in [5.74, 6) is -0.364. The van der Waals surface area contributed by atoms with E-state index in [2.05, 4.69) is 10.1 Å².